The van der Waals surface area contributed by atoms with E-state index in [1.165, 1.54) is 11.0 Å². The maximum Gasteiger partial charge on any atom is 0.326 e. The average molecular weight is 291 g/mol. The summed E-state index contributed by atoms with van der Waals surface area (Å²) in [6.45, 7) is 0.0399. The Balaban J connectivity index is 2.09. The van der Waals surface area contributed by atoms with Gasteiger partial charge in [0.2, 0.25) is 5.91 Å². The highest BCUT2D eigenvalue weighted by atomic mass is 16.5. The molecule has 1 amide bonds. The van der Waals surface area contributed by atoms with Gasteiger partial charge >= 0.3 is 5.97 Å². The molecule has 1 aliphatic rings. The highest BCUT2D eigenvalue weighted by Gasteiger charge is 2.37. The van der Waals surface area contributed by atoms with E-state index in [1.807, 2.05) is 0 Å². The van der Waals surface area contributed by atoms with E-state index < -0.39 is 24.0 Å². The molecule has 0 unspecified atom stereocenters. The molecule has 0 radical (unpaired) electrons. The smallest absolute Gasteiger partial charge is 0.326 e. The highest BCUT2D eigenvalue weighted by Crippen LogP contribution is 2.19. The Bertz CT molecular complexity index is 569. The van der Waals surface area contributed by atoms with Crippen LogP contribution in [0.5, 0.6) is 5.75 Å². The van der Waals surface area contributed by atoms with Gasteiger partial charge < -0.3 is 19.8 Å². The van der Waals surface area contributed by atoms with Crippen molar-refractivity contribution in [1.29, 1.82) is 0 Å². The molecule has 0 saturated carbocycles. The van der Waals surface area contributed by atoms with Crippen LogP contribution in [0.2, 0.25) is 0 Å². The molecule has 0 bridgehead atoms. The van der Waals surface area contributed by atoms with Crippen molar-refractivity contribution in [1.82, 2.24) is 4.90 Å². The molecule has 112 valence electrons. The Morgan fingerprint density at radius 3 is 2.86 bits per heavy atom. The quantitative estimate of drug-likeness (QED) is 0.800. The lowest BCUT2D eigenvalue weighted by Crippen LogP contribution is -2.39. The number of carboxylic acid groups (broad SMARTS) is 1. The first-order valence-electron chi connectivity index (χ1n) is 6.55. The summed E-state index contributed by atoms with van der Waals surface area (Å²) in [6.07, 6.45) is 2.17. The van der Waals surface area contributed by atoms with Crippen molar-refractivity contribution in [2.75, 3.05) is 13.7 Å². The van der Waals surface area contributed by atoms with E-state index in [0.29, 0.717) is 5.75 Å². The number of carbonyl (C=O) groups is 2. The van der Waals surface area contributed by atoms with Crippen molar-refractivity contribution in [2.45, 2.75) is 18.6 Å². The van der Waals surface area contributed by atoms with Crippen LogP contribution in [0, 0.1) is 0 Å². The summed E-state index contributed by atoms with van der Waals surface area (Å²) in [5.41, 5.74) is 0.773. The molecule has 21 heavy (non-hydrogen) atoms. The van der Waals surface area contributed by atoms with Crippen LogP contribution in [0.25, 0.3) is 6.08 Å². The number of nitrogens with zero attached hydrogens (tertiary/aromatic N) is 1. The number of hydrogen-bond donors (Lipinski definition) is 2. The Hall–Kier alpha value is -2.34. The van der Waals surface area contributed by atoms with Gasteiger partial charge in [-0.1, -0.05) is 12.1 Å². The van der Waals surface area contributed by atoms with E-state index in [2.05, 4.69) is 0 Å². The summed E-state index contributed by atoms with van der Waals surface area (Å²) in [5.74, 6) is -0.860. The Morgan fingerprint density at radius 1 is 1.43 bits per heavy atom. The maximum absolute atomic E-state index is 12.1. The summed E-state index contributed by atoms with van der Waals surface area (Å²) < 4.78 is 5.08. The van der Waals surface area contributed by atoms with Crippen LogP contribution < -0.4 is 4.74 Å². The standard InChI is InChI=1S/C15H17NO5/c1-21-12-4-2-3-10(7-12)5-6-14(18)16-9-11(17)8-13(16)15(19)20/h2-7,11,13,17H,8-9H2,1H3,(H,19,20)/t11-,13-/m0/s1. The predicted molar refractivity (Wildman–Crippen MR) is 75.8 cm³/mol. The van der Waals surface area contributed by atoms with Crippen LogP contribution in [0.3, 0.4) is 0 Å². The van der Waals surface area contributed by atoms with Crippen LogP contribution in [0.4, 0.5) is 0 Å². The zero-order valence-corrected chi connectivity index (χ0v) is 11.6. The first kappa shape index (κ1) is 15.1. The zero-order valence-electron chi connectivity index (χ0n) is 11.6. The largest absolute Gasteiger partial charge is 0.497 e. The molecule has 1 aliphatic heterocycles. The second kappa shape index (κ2) is 6.41. The second-order valence-electron chi connectivity index (χ2n) is 4.84. The molecule has 0 aliphatic carbocycles. The number of ether oxygens (including phenoxy) is 1. The van der Waals surface area contributed by atoms with Gasteiger partial charge in [-0.05, 0) is 23.8 Å². The first-order valence-corrected chi connectivity index (χ1v) is 6.55. The van der Waals surface area contributed by atoms with Gasteiger partial charge in [0.05, 0.1) is 13.2 Å². The maximum atomic E-state index is 12.1. The minimum Gasteiger partial charge on any atom is -0.497 e. The fourth-order valence-electron chi connectivity index (χ4n) is 2.30. The van der Waals surface area contributed by atoms with E-state index in [9.17, 15) is 14.7 Å². The lowest BCUT2D eigenvalue weighted by molar-refractivity contribution is -0.146. The average Bonchev–Trinajstić information content (AvgIpc) is 2.87. The molecule has 1 saturated heterocycles. The van der Waals surface area contributed by atoms with Gasteiger partial charge in [0, 0.05) is 19.0 Å². The van der Waals surface area contributed by atoms with Crippen LogP contribution >= 0.6 is 0 Å². The highest BCUT2D eigenvalue weighted by molar-refractivity contribution is 5.94. The minimum atomic E-state index is -1.10. The molecule has 1 fully saturated rings. The number of hydrogen-bond acceptors (Lipinski definition) is 4. The van der Waals surface area contributed by atoms with Crippen LogP contribution in [-0.2, 0) is 9.59 Å². The van der Waals surface area contributed by atoms with E-state index in [4.69, 9.17) is 9.84 Å². The topological polar surface area (TPSA) is 87.1 Å². The van der Waals surface area contributed by atoms with E-state index >= 15 is 0 Å². The van der Waals surface area contributed by atoms with Crippen molar-refractivity contribution < 1.29 is 24.5 Å². The summed E-state index contributed by atoms with van der Waals surface area (Å²) in [7, 11) is 1.55. The zero-order chi connectivity index (χ0) is 15.4. The van der Waals surface area contributed by atoms with E-state index in [0.717, 1.165) is 5.56 Å². The number of amides is 1. The van der Waals surface area contributed by atoms with Crippen molar-refractivity contribution in [2.24, 2.45) is 0 Å². The summed E-state index contributed by atoms with van der Waals surface area (Å²) in [5, 5.41) is 18.6. The van der Waals surface area contributed by atoms with Crippen LogP contribution in [-0.4, -0.2) is 52.8 Å². The Labute approximate surface area is 122 Å². The molecule has 2 N–H and O–H groups in total. The van der Waals surface area contributed by atoms with E-state index in [1.54, 1.807) is 37.5 Å². The van der Waals surface area contributed by atoms with Crippen molar-refractivity contribution in [3.63, 3.8) is 0 Å². The number of aliphatic carboxylic acids is 1. The van der Waals surface area contributed by atoms with Gasteiger partial charge in [0.15, 0.2) is 0 Å². The number of carbonyl (C=O) groups excluding carboxylic acids is 1. The van der Waals surface area contributed by atoms with Crippen LogP contribution in [0.15, 0.2) is 30.3 Å². The molecule has 1 aromatic carbocycles. The van der Waals surface area contributed by atoms with Gasteiger partial charge in [-0.2, -0.15) is 0 Å². The Kier molecular flexibility index (Phi) is 4.59. The number of rotatable bonds is 4. The summed E-state index contributed by atoms with van der Waals surface area (Å²) >= 11 is 0. The number of β-amino-alcohol motifs (C(OH)–C–C–N with tert-alkyl or cyclic N) is 1. The SMILES string of the molecule is COc1cccc(C=CC(=O)N2C[C@@H](O)C[C@H]2C(=O)O)c1. The minimum absolute atomic E-state index is 0.0399. The molecule has 6 nitrogen and oxygen atoms in total. The van der Waals surface area contributed by atoms with E-state index in [-0.39, 0.29) is 13.0 Å². The van der Waals surface area contributed by atoms with Crippen molar-refractivity contribution in [3.8, 4) is 5.75 Å². The summed E-state index contributed by atoms with van der Waals surface area (Å²) in [6, 6.07) is 6.18. The monoisotopic (exact) mass is 291 g/mol. The molecular weight excluding hydrogens is 274 g/mol. The predicted octanol–water partition coefficient (Wildman–Crippen LogP) is 0.755. The van der Waals surface area contributed by atoms with Crippen molar-refractivity contribution >= 4 is 18.0 Å². The fourth-order valence-corrected chi connectivity index (χ4v) is 2.30. The molecular formula is C15H17NO5. The molecule has 2 rings (SSSR count). The lowest BCUT2D eigenvalue weighted by atomic mass is 10.2. The number of likely N-dealkylation sites (tertiary alicyclic amines) is 1. The third-order valence-electron chi connectivity index (χ3n) is 3.36. The lowest BCUT2D eigenvalue weighted by Gasteiger charge is -2.19. The number of aliphatic hydroxyl groups is 1. The number of benzene rings is 1. The third kappa shape index (κ3) is 3.61. The summed E-state index contributed by atoms with van der Waals surface area (Å²) in [4.78, 5) is 24.3. The molecule has 1 aromatic rings. The second-order valence-corrected chi connectivity index (χ2v) is 4.84. The molecule has 1 heterocycles. The first-order chi connectivity index (χ1) is 10.0. The normalized spacial score (nSPS) is 21.7. The number of aliphatic hydroxyl groups excluding tert-OH is 1. The third-order valence-corrected chi connectivity index (χ3v) is 3.36. The fraction of sp³-hybridized carbons (Fsp3) is 0.333. The molecule has 0 spiro atoms. The van der Waals surface area contributed by atoms with Gasteiger partial charge in [0.1, 0.15) is 11.8 Å². The number of methoxy groups -OCH3 is 1. The van der Waals surface area contributed by atoms with Gasteiger partial charge in [-0.3, -0.25) is 4.79 Å². The number of carboxylic acids is 1. The van der Waals surface area contributed by atoms with Crippen LogP contribution in [0.1, 0.15) is 12.0 Å². The van der Waals surface area contributed by atoms with Gasteiger partial charge in [0.25, 0.3) is 0 Å². The Morgan fingerprint density at radius 2 is 2.19 bits per heavy atom. The van der Waals surface area contributed by atoms with Crippen molar-refractivity contribution in [3.05, 3.63) is 35.9 Å². The molecule has 0 aromatic heterocycles. The van der Waals surface area contributed by atoms with Gasteiger partial charge in [-0.15, -0.1) is 0 Å². The molecule has 6 heteroatoms. The van der Waals surface area contributed by atoms with Gasteiger partial charge in [-0.25, -0.2) is 4.79 Å². The molecule has 2 atom stereocenters.